The molecule has 0 spiro atoms. The lowest BCUT2D eigenvalue weighted by molar-refractivity contribution is -0.128. The molecule has 2 aromatic rings. The predicted molar refractivity (Wildman–Crippen MR) is 81.6 cm³/mol. The highest BCUT2D eigenvalue weighted by molar-refractivity contribution is 5.81. The fourth-order valence-corrected chi connectivity index (χ4v) is 2.48. The number of hydrogen-bond donors (Lipinski definition) is 1. The van der Waals surface area contributed by atoms with Crippen LogP contribution in [0.5, 0.6) is 5.75 Å². The molecule has 22 heavy (non-hydrogen) atoms. The molecular weight excluding hydrogens is 280 g/mol. The number of fused-ring (bicyclic) bond motifs is 1. The van der Waals surface area contributed by atoms with E-state index in [0.29, 0.717) is 24.6 Å². The van der Waals surface area contributed by atoms with Crippen molar-refractivity contribution in [2.24, 2.45) is 0 Å². The second-order valence-corrected chi connectivity index (χ2v) is 5.84. The zero-order valence-electron chi connectivity index (χ0n) is 12.8. The molecule has 3 rings (SSSR count). The molecule has 116 valence electrons. The van der Waals surface area contributed by atoms with Crippen LogP contribution in [0.2, 0.25) is 0 Å². The summed E-state index contributed by atoms with van der Waals surface area (Å²) in [5, 5.41) is 6.83. The van der Waals surface area contributed by atoms with Crippen LogP contribution in [0.15, 0.2) is 34.9 Å². The van der Waals surface area contributed by atoms with Crippen molar-refractivity contribution in [3.05, 3.63) is 47.3 Å². The summed E-state index contributed by atoms with van der Waals surface area (Å²) in [7, 11) is 0. The molecule has 0 unspecified atom stereocenters. The van der Waals surface area contributed by atoms with Gasteiger partial charge >= 0.3 is 0 Å². The SMILES string of the molecule is CC(C)c1cc(CNC(=O)[C@H]2CCc3ccccc3O2)on1. The summed E-state index contributed by atoms with van der Waals surface area (Å²) >= 11 is 0. The van der Waals surface area contributed by atoms with Crippen LogP contribution in [-0.4, -0.2) is 17.2 Å². The molecule has 0 saturated carbocycles. The first kappa shape index (κ1) is 14.6. The van der Waals surface area contributed by atoms with Crippen LogP contribution in [0.4, 0.5) is 0 Å². The maximum Gasteiger partial charge on any atom is 0.261 e. The number of aromatic nitrogens is 1. The molecule has 1 aliphatic heterocycles. The summed E-state index contributed by atoms with van der Waals surface area (Å²) in [6, 6.07) is 9.72. The summed E-state index contributed by atoms with van der Waals surface area (Å²) in [5.74, 6) is 1.66. The lowest BCUT2D eigenvalue weighted by Gasteiger charge is -2.24. The van der Waals surface area contributed by atoms with E-state index in [4.69, 9.17) is 9.26 Å². The number of amides is 1. The van der Waals surface area contributed by atoms with Gasteiger partial charge in [-0.15, -0.1) is 0 Å². The molecule has 1 N–H and O–H groups in total. The summed E-state index contributed by atoms with van der Waals surface area (Å²) < 4.78 is 11.0. The van der Waals surface area contributed by atoms with Gasteiger partial charge < -0.3 is 14.6 Å². The van der Waals surface area contributed by atoms with Gasteiger partial charge in [0.05, 0.1) is 12.2 Å². The maximum absolute atomic E-state index is 12.2. The molecule has 2 heterocycles. The zero-order chi connectivity index (χ0) is 15.5. The van der Waals surface area contributed by atoms with Gasteiger partial charge in [-0.25, -0.2) is 0 Å². The predicted octanol–water partition coefficient (Wildman–Crippen LogP) is 2.81. The Labute approximate surface area is 129 Å². The van der Waals surface area contributed by atoms with E-state index in [1.807, 2.05) is 44.2 Å². The smallest absolute Gasteiger partial charge is 0.261 e. The van der Waals surface area contributed by atoms with Gasteiger partial charge in [-0.2, -0.15) is 0 Å². The monoisotopic (exact) mass is 300 g/mol. The molecule has 5 heteroatoms. The minimum Gasteiger partial charge on any atom is -0.480 e. The summed E-state index contributed by atoms with van der Waals surface area (Å²) in [4.78, 5) is 12.2. The number of carbonyl (C=O) groups is 1. The normalized spacial score (nSPS) is 17.0. The second kappa shape index (κ2) is 6.22. The van der Waals surface area contributed by atoms with Crippen molar-refractivity contribution >= 4 is 5.91 Å². The Morgan fingerprint density at radius 2 is 2.23 bits per heavy atom. The Hall–Kier alpha value is -2.30. The molecule has 0 aliphatic carbocycles. The lowest BCUT2D eigenvalue weighted by Crippen LogP contribution is -2.40. The van der Waals surface area contributed by atoms with E-state index in [2.05, 4.69) is 10.5 Å². The van der Waals surface area contributed by atoms with Gasteiger partial charge in [0.1, 0.15) is 5.75 Å². The fraction of sp³-hybridized carbons (Fsp3) is 0.412. The first-order valence-electron chi connectivity index (χ1n) is 7.61. The fourth-order valence-electron chi connectivity index (χ4n) is 2.48. The van der Waals surface area contributed by atoms with Crippen LogP contribution >= 0.6 is 0 Å². The number of carbonyl (C=O) groups excluding carboxylic acids is 1. The van der Waals surface area contributed by atoms with E-state index in [9.17, 15) is 4.79 Å². The van der Waals surface area contributed by atoms with E-state index in [1.165, 1.54) is 0 Å². The van der Waals surface area contributed by atoms with E-state index in [-0.39, 0.29) is 5.91 Å². The minimum absolute atomic E-state index is 0.114. The van der Waals surface area contributed by atoms with E-state index < -0.39 is 6.10 Å². The molecule has 1 aromatic carbocycles. The summed E-state index contributed by atoms with van der Waals surface area (Å²) in [5.41, 5.74) is 2.05. The second-order valence-electron chi connectivity index (χ2n) is 5.84. The number of rotatable bonds is 4. The molecule has 0 saturated heterocycles. The molecule has 0 fully saturated rings. The summed E-state index contributed by atoms with van der Waals surface area (Å²) in [6.45, 7) is 4.43. The highest BCUT2D eigenvalue weighted by Gasteiger charge is 2.25. The van der Waals surface area contributed by atoms with Crippen molar-refractivity contribution in [1.29, 1.82) is 0 Å². The Morgan fingerprint density at radius 3 is 3.00 bits per heavy atom. The average Bonchev–Trinajstić information content (AvgIpc) is 3.01. The third-order valence-electron chi connectivity index (χ3n) is 3.82. The number of para-hydroxylation sites is 1. The van der Waals surface area contributed by atoms with E-state index in [1.54, 1.807) is 0 Å². The van der Waals surface area contributed by atoms with Gasteiger partial charge in [-0.3, -0.25) is 4.79 Å². The Bertz CT molecular complexity index is 663. The Morgan fingerprint density at radius 1 is 1.41 bits per heavy atom. The van der Waals surface area contributed by atoms with Crippen LogP contribution in [0, 0.1) is 0 Å². The number of aryl methyl sites for hydroxylation is 1. The number of hydrogen-bond acceptors (Lipinski definition) is 4. The van der Waals surface area contributed by atoms with Gasteiger partial charge in [-0.1, -0.05) is 37.2 Å². The highest BCUT2D eigenvalue weighted by atomic mass is 16.5. The number of nitrogens with one attached hydrogen (secondary N) is 1. The van der Waals surface area contributed by atoms with Crippen LogP contribution in [0.1, 0.15) is 43.2 Å². The van der Waals surface area contributed by atoms with Crippen molar-refractivity contribution in [2.45, 2.75) is 45.3 Å². The molecule has 1 aromatic heterocycles. The van der Waals surface area contributed by atoms with Crippen molar-refractivity contribution in [3.63, 3.8) is 0 Å². The van der Waals surface area contributed by atoms with Crippen LogP contribution in [0.3, 0.4) is 0 Å². The van der Waals surface area contributed by atoms with Crippen molar-refractivity contribution in [3.8, 4) is 5.75 Å². The van der Waals surface area contributed by atoms with Gasteiger partial charge in [0.25, 0.3) is 5.91 Å². The molecule has 0 radical (unpaired) electrons. The number of nitrogens with zero attached hydrogens (tertiary/aromatic N) is 1. The van der Waals surface area contributed by atoms with E-state index >= 15 is 0 Å². The molecule has 1 atom stereocenters. The summed E-state index contributed by atoms with van der Waals surface area (Å²) in [6.07, 6.45) is 1.10. The molecule has 0 bridgehead atoms. The van der Waals surface area contributed by atoms with E-state index in [0.717, 1.165) is 23.4 Å². The first-order valence-corrected chi connectivity index (χ1v) is 7.61. The Balaban J connectivity index is 1.56. The third-order valence-corrected chi connectivity index (χ3v) is 3.82. The molecule has 1 amide bonds. The van der Waals surface area contributed by atoms with Crippen LogP contribution < -0.4 is 10.1 Å². The standard InChI is InChI=1S/C17H20N2O3/c1-11(2)14-9-13(22-19-14)10-18-17(20)16-8-7-12-5-3-4-6-15(12)21-16/h3-6,9,11,16H,7-8,10H2,1-2H3,(H,18,20)/t16-/m1/s1. The van der Waals surface area contributed by atoms with Crippen LogP contribution in [0.25, 0.3) is 0 Å². The maximum atomic E-state index is 12.2. The molecule has 5 nitrogen and oxygen atoms in total. The van der Waals surface area contributed by atoms with Crippen LogP contribution in [-0.2, 0) is 17.8 Å². The topological polar surface area (TPSA) is 64.4 Å². The van der Waals surface area contributed by atoms with Gasteiger partial charge in [0, 0.05) is 6.07 Å². The molecular formula is C17H20N2O3. The minimum atomic E-state index is -0.442. The van der Waals surface area contributed by atoms with Crippen molar-refractivity contribution < 1.29 is 14.1 Å². The van der Waals surface area contributed by atoms with Gasteiger partial charge in [0.2, 0.25) is 0 Å². The molecule has 1 aliphatic rings. The Kier molecular flexibility index (Phi) is 4.13. The lowest BCUT2D eigenvalue weighted by atomic mass is 10.0. The largest absolute Gasteiger partial charge is 0.480 e. The number of benzene rings is 1. The zero-order valence-corrected chi connectivity index (χ0v) is 12.8. The van der Waals surface area contributed by atoms with Gasteiger partial charge in [-0.05, 0) is 30.4 Å². The first-order chi connectivity index (χ1) is 10.6. The average molecular weight is 300 g/mol. The third kappa shape index (κ3) is 3.13. The van der Waals surface area contributed by atoms with Crippen molar-refractivity contribution in [2.75, 3.05) is 0 Å². The van der Waals surface area contributed by atoms with Gasteiger partial charge in [0.15, 0.2) is 11.9 Å². The highest BCUT2D eigenvalue weighted by Crippen LogP contribution is 2.27. The van der Waals surface area contributed by atoms with Crippen molar-refractivity contribution in [1.82, 2.24) is 10.5 Å². The quantitative estimate of drug-likeness (QED) is 0.943. The number of ether oxygens (including phenoxy) is 1.